The van der Waals surface area contributed by atoms with Crippen LogP contribution in [0.15, 0.2) is 11.1 Å². The lowest BCUT2D eigenvalue weighted by Crippen LogP contribution is -2.58. The van der Waals surface area contributed by atoms with Crippen molar-refractivity contribution in [3.63, 3.8) is 0 Å². The van der Waals surface area contributed by atoms with Crippen molar-refractivity contribution in [3.05, 3.63) is 11.1 Å². The monoisotopic (exact) mass is 272 g/mol. The van der Waals surface area contributed by atoms with Gasteiger partial charge in [0, 0.05) is 37.3 Å². The van der Waals surface area contributed by atoms with E-state index in [1.165, 1.54) is 24.8 Å². The number of nitrogens with one attached hydrogen (secondary N) is 1. The van der Waals surface area contributed by atoms with Gasteiger partial charge in [-0.3, -0.25) is 4.90 Å². The predicted octanol–water partition coefficient (Wildman–Crippen LogP) is 3.62. The molecule has 2 nitrogen and oxygen atoms in total. The van der Waals surface area contributed by atoms with Crippen LogP contribution in [0.3, 0.4) is 0 Å². The van der Waals surface area contributed by atoms with Crippen LogP contribution in [0.4, 0.5) is 0 Å². The van der Waals surface area contributed by atoms with Gasteiger partial charge in [-0.2, -0.15) is 0 Å². The van der Waals surface area contributed by atoms with E-state index >= 15 is 0 Å². The van der Waals surface area contributed by atoms with Gasteiger partial charge in [-0.05, 0) is 24.8 Å². The Balaban J connectivity index is 2.63. The van der Waals surface area contributed by atoms with Gasteiger partial charge >= 0.3 is 0 Å². The van der Waals surface area contributed by atoms with Crippen LogP contribution >= 0.6 is 11.6 Å². The molecule has 0 amide bonds. The van der Waals surface area contributed by atoms with E-state index < -0.39 is 0 Å². The van der Waals surface area contributed by atoms with Gasteiger partial charge in [0.2, 0.25) is 0 Å². The highest BCUT2D eigenvalue weighted by molar-refractivity contribution is 6.25. The van der Waals surface area contributed by atoms with Crippen LogP contribution in [-0.4, -0.2) is 36.6 Å². The standard InChI is InChI=1S/C15H29ClN2/c1-5-7-14-9-17-15(13(4)6-2)11-18(14)10-12(3)8-16/h8,13-15,17H,5-7,9-11H2,1-4H3. The molecule has 0 aromatic heterocycles. The van der Waals surface area contributed by atoms with E-state index in [2.05, 4.69) is 37.9 Å². The van der Waals surface area contributed by atoms with Crippen molar-refractivity contribution in [1.29, 1.82) is 0 Å². The number of hydrogen-bond acceptors (Lipinski definition) is 2. The van der Waals surface area contributed by atoms with Crippen molar-refractivity contribution < 1.29 is 0 Å². The normalized spacial score (nSPS) is 28.4. The van der Waals surface area contributed by atoms with Crippen molar-refractivity contribution in [2.45, 2.75) is 59.0 Å². The van der Waals surface area contributed by atoms with E-state index in [1.807, 2.05) is 0 Å². The highest BCUT2D eigenvalue weighted by Crippen LogP contribution is 2.19. The van der Waals surface area contributed by atoms with Gasteiger partial charge in [0.05, 0.1) is 0 Å². The molecular formula is C15H29ClN2. The Morgan fingerprint density at radius 1 is 1.50 bits per heavy atom. The van der Waals surface area contributed by atoms with E-state index in [1.54, 1.807) is 5.54 Å². The van der Waals surface area contributed by atoms with Crippen molar-refractivity contribution in [2.24, 2.45) is 5.92 Å². The molecule has 106 valence electrons. The first-order chi connectivity index (χ1) is 8.62. The lowest BCUT2D eigenvalue weighted by atomic mass is 9.94. The maximum absolute atomic E-state index is 5.82. The molecule has 0 radical (unpaired) electrons. The number of halogens is 1. The number of nitrogens with zero attached hydrogens (tertiary/aromatic N) is 1. The quantitative estimate of drug-likeness (QED) is 0.795. The third-order valence-electron chi connectivity index (χ3n) is 4.15. The molecule has 1 fully saturated rings. The average Bonchev–Trinajstić information content (AvgIpc) is 2.39. The maximum atomic E-state index is 5.82. The smallest absolute Gasteiger partial charge is 0.0224 e. The molecule has 0 aromatic carbocycles. The maximum Gasteiger partial charge on any atom is 0.0224 e. The Morgan fingerprint density at radius 2 is 2.22 bits per heavy atom. The Morgan fingerprint density at radius 3 is 2.78 bits per heavy atom. The van der Waals surface area contributed by atoms with Gasteiger partial charge in [-0.15, -0.1) is 0 Å². The van der Waals surface area contributed by atoms with Crippen LogP contribution in [0.5, 0.6) is 0 Å². The summed E-state index contributed by atoms with van der Waals surface area (Å²) in [5.41, 5.74) is 2.99. The van der Waals surface area contributed by atoms with E-state index in [4.69, 9.17) is 11.6 Å². The zero-order valence-electron chi connectivity index (χ0n) is 12.4. The first-order valence-electron chi connectivity index (χ1n) is 7.35. The van der Waals surface area contributed by atoms with Gasteiger partial charge in [0.15, 0.2) is 0 Å². The zero-order valence-corrected chi connectivity index (χ0v) is 13.1. The average molecular weight is 273 g/mol. The minimum Gasteiger partial charge on any atom is -0.311 e. The number of rotatable bonds is 6. The van der Waals surface area contributed by atoms with E-state index in [0.717, 1.165) is 25.6 Å². The van der Waals surface area contributed by atoms with Gasteiger partial charge in [0.1, 0.15) is 0 Å². The molecule has 0 aromatic rings. The predicted molar refractivity (Wildman–Crippen MR) is 81.1 cm³/mol. The van der Waals surface area contributed by atoms with Crippen LogP contribution < -0.4 is 5.32 Å². The Hall–Kier alpha value is -0.0500. The minimum absolute atomic E-state index is 0.631. The second kappa shape index (κ2) is 8.19. The Kier molecular flexibility index (Phi) is 7.28. The second-order valence-electron chi connectivity index (χ2n) is 5.73. The molecule has 0 saturated carbocycles. The molecule has 0 bridgehead atoms. The van der Waals surface area contributed by atoms with Crippen LogP contribution in [0, 0.1) is 5.92 Å². The highest BCUT2D eigenvalue weighted by Gasteiger charge is 2.29. The van der Waals surface area contributed by atoms with Crippen molar-refractivity contribution in [2.75, 3.05) is 19.6 Å². The van der Waals surface area contributed by atoms with E-state index in [0.29, 0.717) is 12.1 Å². The fourth-order valence-corrected chi connectivity index (χ4v) is 2.78. The summed E-state index contributed by atoms with van der Waals surface area (Å²) < 4.78 is 0. The molecule has 1 N–H and O–H groups in total. The molecule has 1 heterocycles. The van der Waals surface area contributed by atoms with Crippen LogP contribution in [0.1, 0.15) is 47.0 Å². The third-order valence-corrected chi connectivity index (χ3v) is 4.53. The molecule has 3 atom stereocenters. The van der Waals surface area contributed by atoms with Crippen molar-refractivity contribution in [1.82, 2.24) is 10.2 Å². The topological polar surface area (TPSA) is 15.3 Å². The summed E-state index contributed by atoms with van der Waals surface area (Å²) in [5, 5.41) is 3.73. The Bertz CT molecular complexity index is 265. The van der Waals surface area contributed by atoms with Crippen LogP contribution in [0.2, 0.25) is 0 Å². The fraction of sp³-hybridized carbons (Fsp3) is 0.867. The summed E-state index contributed by atoms with van der Waals surface area (Å²) in [5.74, 6) is 0.746. The summed E-state index contributed by atoms with van der Waals surface area (Å²) in [4.78, 5) is 2.62. The molecule has 1 rings (SSSR count). The lowest BCUT2D eigenvalue weighted by Gasteiger charge is -2.42. The van der Waals surface area contributed by atoms with E-state index in [-0.39, 0.29) is 0 Å². The van der Waals surface area contributed by atoms with Crippen molar-refractivity contribution >= 4 is 11.6 Å². The summed E-state index contributed by atoms with van der Waals surface area (Å²) in [6, 6.07) is 1.30. The number of piperazine rings is 1. The molecule has 1 aliphatic rings. The summed E-state index contributed by atoms with van der Waals surface area (Å²) in [6.07, 6.45) is 3.77. The van der Waals surface area contributed by atoms with Gasteiger partial charge in [-0.25, -0.2) is 0 Å². The SMILES string of the molecule is CCCC1CNC(C(C)CC)CN1CC(C)=CCl. The zero-order chi connectivity index (χ0) is 13.5. The first-order valence-corrected chi connectivity index (χ1v) is 7.79. The number of hydrogen-bond donors (Lipinski definition) is 1. The fourth-order valence-electron chi connectivity index (χ4n) is 2.71. The molecular weight excluding hydrogens is 244 g/mol. The molecule has 18 heavy (non-hydrogen) atoms. The lowest BCUT2D eigenvalue weighted by molar-refractivity contribution is 0.113. The van der Waals surface area contributed by atoms with Gasteiger partial charge in [0.25, 0.3) is 0 Å². The second-order valence-corrected chi connectivity index (χ2v) is 5.95. The molecule has 3 unspecified atom stereocenters. The summed E-state index contributed by atoms with van der Waals surface area (Å²) in [7, 11) is 0. The molecule has 1 saturated heterocycles. The van der Waals surface area contributed by atoms with Crippen molar-refractivity contribution in [3.8, 4) is 0 Å². The molecule has 0 spiro atoms. The van der Waals surface area contributed by atoms with E-state index in [9.17, 15) is 0 Å². The first kappa shape index (κ1) is 16.0. The third kappa shape index (κ3) is 4.56. The Labute approximate surface area is 118 Å². The van der Waals surface area contributed by atoms with Gasteiger partial charge in [-0.1, -0.05) is 45.2 Å². The molecule has 1 aliphatic heterocycles. The molecule has 0 aliphatic carbocycles. The van der Waals surface area contributed by atoms with Gasteiger partial charge < -0.3 is 5.32 Å². The van der Waals surface area contributed by atoms with Crippen LogP contribution in [-0.2, 0) is 0 Å². The minimum atomic E-state index is 0.631. The van der Waals surface area contributed by atoms with Crippen LogP contribution in [0.25, 0.3) is 0 Å². The largest absolute Gasteiger partial charge is 0.311 e. The molecule has 3 heteroatoms. The summed E-state index contributed by atoms with van der Waals surface area (Å²) >= 11 is 5.82. The highest BCUT2D eigenvalue weighted by atomic mass is 35.5. The summed E-state index contributed by atoms with van der Waals surface area (Å²) in [6.45, 7) is 12.3.